The van der Waals surface area contributed by atoms with E-state index in [2.05, 4.69) is 26.5 Å². The van der Waals surface area contributed by atoms with E-state index in [1.54, 1.807) is 13.8 Å². The number of aliphatic hydroxyl groups excluding tert-OH is 4. The molecule has 0 aromatic carbocycles. The van der Waals surface area contributed by atoms with Crippen LogP contribution in [-0.2, 0) is 9.53 Å². The van der Waals surface area contributed by atoms with Gasteiger partial charge in [0.15, 0.2) is 0 Å². The predicted molar refractivity (Wildman–Crippen MR) is 159 cm³/mol. The van der Waals surface area contributed by atoms with E-state index in [9.17, 15) is 30.3 Å². The SMILES string of the molecule is C=C(C=CC=C(COCC(O)CO)C1CCC2(C(CCCO)C(=C(C)C=O)CCC2(C)O)C1O)CCC=C(C)C. The monoisotopic (exact) mass is 560 g/mol. The smallest absolute Gasteiger partial charge is 0.145 e. The Hall–Kier alpha value is -1.87. The van der Waals surface area contributed by atoms with Crippen LogP contribution in [0.1, 0.15) is 79.1 Å². The van der Waals surface area contributed by atoms with Crippen molar-refractivity contribution in [2.45, 2.75) is 96.9 Å². The number of carbonyl (C=O) groups is 1. The zero-order valence-electron chi connectivity index (χ0n) is 24.9. The average Bonchev–Trinajstić information content (AvgIpc) is 3.25. The summed E-state index contributed by atoms with van der Waals surface area (Å²) in [5.41, 5.74) is 2.64. The van der Waals surface area contributed by atoms with Gasteiger partial charge >= 0.3 is 0 Å². The summed E-state index contributed by atoms with van der Waals surface area (Å²) < 4.78 is 5.75. The molecule has 2 fully saturated rings. The molecule has 2 saturated carbocycles. The highest BCUT2D eigenvalue weighted by atomic mass is 16.5. The van der Waals surface area contributed by atoms with Gasteiger partial charge in [0.05, 0.1) is 31.5 Å². The molecule has 6 atom stereocenters. The van der Waals surface area contributed by atoms with Gasteiger partial charge in [-0.3, -0.25) is 4.79 Å². The molecule has 2 aliphatic rings. The third-order valence-electron chi connectivity index (χ3n) is 8.96. The van der Waals surface area contributed by atoms with Gasteiger partial charge in [0.25, 0.3) is 0 Å². The molecule has 2 rings (SSSR count). The van der Waals surface area contributed by atoms with Crippen molar-refractivity contribution in [2.75, 3.05) is 26.4 Å². The van der Waals surface area contributed by atoms with Crippen LogP contribution in [0.3, 0.4) is 0 Å². The van der Waals surface area contributed by atoms with Crippen molar-refractivity contribution >= 4 is 6.29 Å². The van der Waals surface area contributed by atoms with Crippen molar-refractivity contribution in [2.24, 2.45) is 17.3 Å². The second-order valence-corrected chi connectivity index (χ2v) is 12.1. The Kier molecular flexibility index (Phi) is 13.7. The molecule has 0 bridgehead atoms. The van der Waals surface area contributed by atoms with Gasteiger partial charge in [-0.15, -0.1) is 0 Å². The summed E-state index contributed by atoms with van der Waals surface area (Å²) in [6.07, 6.45) is 11.9. The minimum atomic E-state index is -1.16. The zero-order chi connectivity index (χ0) is 29.9. The number of aldehydes is 1. The first-order chi connectivity index (χ1) is 18.9. The molecule has 6 unspecified atom stereocenters. The van der Waals surface area contributed by atoms with Crippen LogP contribution in [0.15, 0.2) is 58.7 Å². The molecule has 40 heavy (non-hydrogen) atoms. The zero-order valence-corrected chi connectivity index (χ0v) is 24.9. The lowest BCUT2D eigenvalue weighted by atomic mass is 9.52. The fourth-order valence-electron chi connectivity index (χ4n) is 6.74. The lowest BCUT2D eigenvalue weighted by Crippen LogP contribution is -2.59. The van der Waals surface area contributed by atoms with Gasteiger partial charge in [-0.25, -0.2) is 0 Å². The molecule has 0 saturated heterocycles. The fraction of sp³-hybridized carbons (Fsp3) is 0.667. The summed E-state index contributed by atoms with van der Waals surface area (Å²) in [5, 5.41) is 52.5. The Morgan fingerprint density at radius 1 is 1.23 bits per heavy atom. The second-order valence-electron chi connectivity index (χ2n) is 12.1. The van der Waals surface area contributed by atoms with Crippen LogP contribution in [-0.4, -0.2) is 76.1 Å². The Morgan fingerprint density at radius 3 is 2.58 bits per heavy atom. The second kappa shape index (κ2) is 15.9. The van der Waals surface area contributed by atoms with Crippen LogP contribution in [0.2, 0.25) is 0 Å². The van der Waals surface area contributed by atoms with Crippen molar-refractivity contribution in [3.8, 4) is 0 Å². The van der Waals surface area contributed by atoms with Crippen molar-refractivity contribution in [1.82, 2.24) is 0 Å². The Morgan fingerprint density at radius 2 is 1.95 bits per heavy atom. The maximum Gasteiger partial charge on any atom is 0.145 e. The minimum absolute atomic E-state index is 0.00383. The number of ether oxygens (including phenoxy) is 1. The third-order valence-corrected chi connectivity index (χ3v) is 8.96. The van der Waals surface area contributed by atoms with Gasteiger partial charge < -0.3 is 30.3 Å². The molecule has 1 spiro atoms. The van der Waals surface area contributed by atoms with E-state index in [-0.39, 0.29) is 31.7 Å². The quantitative estimate of drug-likeness (QED) is 0.0872. The van der Waals surface area contributed by atoms with E-state index in [4.69, 9.17) is 4.74 Å². The number of aliphatic hydroxyl groups is 5. The first-order valence-corrected chi connectivity index (χ1v) is 14.7. The lowest BCUT2D eigenvalue weighted by Gasteiger charge is -2.55. The van der Waals surface area contributed by atoms with E-state index < -0.39 is 29.8 Å². The lowest BCUT2D eigenvalue weighted by molar-refractivity contribution is -0.167. The number of rotatable bonds is 15. The summed E-state index contributed by atoms with van der Waals surface area (Å²) >= 11 is 0. The topological polar surface area (TPSA) is 127 Å². The predicted octanol–water partition coefficient (Wildman–Crippen LogP) is 4.35. The largest absolute Gasteiger partial charge is 0.396 e. The number of carbonyl (C=O) groups excluding carboxylic acids is 1. The van der Waals surface area contributed by atoms with Gasteiger partial charge in [0.2, 0.25) is 0 Å². The van der Waals surface area contributed by atoms with Crippen LogP contribution in [0.5, 0.6) is 0 Å². The highest BCUT2D eigenvalue weighted by Crippen LogP contribution is 2.62. The summed E-state index contributed by atoms with van der Waals surface area (Å²) in [4.78, 5) is 11.8. The fourth-order valence-corrected chi connectivity index (χ4v) is 6.74. The van der Waals surface area contributed by atoms with Gasteiger partial charge in [-0.2, -0.15) is 0 Å². The van der Waals surface area contributed by atoms with Crippen molar-refractivity contribution in [3.05, 3.63) is 58.7 Å². The van der Waals surface area contributed by atoms with Crippen LogP contribution >= 0.6 is 0 Å². The molecule has 0 aliphatic heterocycles. The molecule has 0 amide bonds. The maximum atomic E-state index is 12.1. The van der Waals surface area contributed by atoms with Crippen molar-refractivity contribution < 1.29 is 35.1 Å². The van der Waals surface area contributed by atoms with E-state index in [0.29, 0.717) is 44.1 Å². The van der Waals surface area contributed by atoms with E-state index in [1.807, 2.05) is 18.2 Å². The van der Waals surface area contributed by atoms with Crippen LogP contribution in [0.4, 0.5) is 0 Å². The average molecular weight is 561 g/mol. The standard InChI is InChI=1S/C33H52O7/c1-23(2)9-6-10-24(3)11-7-12-26(21-40-22-27(37)20-36)29-15-17-33(31(29)38)30(13-8-18-34)28(25(4)19-35)14-16-32(33,5)39/h7,9,11-12,19,27,29-31,34,36-39H,3,6,8,10,13-18,20-22H2,1-2,4-5H3. The highest BCUT2D eigenvalue weighted by Gasteiger charge is 2.63. The molecule has 0 aromatic rings. The first kappa shape index (κ1) is 34.3. The normalized spacial score (nSPS) is 31.0. The number of allylic oxidation sites excluding steroid dienone is 8. The van der Waals surface area contributed by atoms with Crippen LogP contribution in [0, 0.1) is 17.3 Å². The van der Waals surface area contributed by atoms with Crippen molar-refractivity contribution in [1.29, 1.82) is 0 Å². The minimum Gasteiger partial charge on any atom is -0.396 e. The number of hydrogen-bond acceptors (Lipinski definition) is 7. The summed E-state index contributed by atoms with van der Waals surface area (Å²) in [6, 6.07) is 0. The Balaban J connectivity index is 2.43. The molecule has 5 N–H and O–H groups in total. The molecular formula is C33H52O7. The molecular weight excluding hydrogens is 508 g/mol. The Bertz CT molecular complexity index is 969. The molecule has 0 aromatic heterocycles. The van der Waals surface area contributed by atoms with Gasteiger partial charge in [0.1, 0.15) is 12.4 Å². The first-order valence-electron chi connectivity index (χ1n) is 14.7. The molecule has 0 heterocycles. The van der Waals surface area contributed by atoms with Gasteiger partial charge in [-0.05, 0) is 96.1 Å². The Labute approximate surface area is 240 Å². The molecule has 2 aliphatic carbocycles. The summed E-state index contributed by atoms with van der Waals surface area (Å²) in [5.74, 6) is -0.550. The van der Waals surface area contributed by atoms with Gasteiger partial charge in [-0.1, -0.05) is 47.6 Å². The molecule has 7 nitrogen and oxygen atoms in total. The van der Waals surface area contributed by atoms with E-state index in [1.165, 1.54) is 5.57 Å². The highest BCUT2D eigenvalue weighted by molar-refractivity contribution is 5.74. The number of hydrogen-bond donors (Lipinski definition) is 5. The molecule has 0 radical (unpaired) electrons. The van der Waals surface area contributed by atoms with Crippen LogP contribution < -0.4 is 0 Å². The van der Waals surface area contributed by atoms with E-state index in [0.717, 1.165) is 35.8 Å². The summed E-state index contributed by atoms with van der Waals surface area (Å²) in [7, 11) is 0. The van der Waals surface area contributed by atoms with Crippen LogP contribution in [0.25, 0.3) is 0 Å². The summed E-state index contributed by atoms with van der Waals surface area (Å²) in [6.45, 7) is 11.6. The van der Waals surface area contributed by atoms with Gasteiger partial charge in [0, 0.05) is 17.9 Å². The third kappa shape index (κ3) is 8.34. The maximum absolute atomic E-state index is 12.1. The van der Waals surface area contributed by atoms with Crippen molar-refractivity contribution in [3.63, 3.8) is 0 Å². The molecule has 7 heteroatoms. The molecule has 226 valence electrons. The van der Waals surface area contributed by atoms with E-state index >= 15 is 0 Å².